The zero-order valence-corrected chi connectivity index (χ0v) is 12.1. The van der Waals surface area contributed by atoms with E-state index < -0.39 is 11.9 Å². The molecule has 0 bridgehead atoms. The average Bonchev–Trinajstić information content (AvgIpc) is 2.77. The molecule has 1 saturated heterocycles. The SMILES string of the molecule is CC(Oc1ccc(C#N)cc1F)C(=O)N1CCCCCC1. The summed E-state index contributed by atoms with van der Waals surface area (Å²) >= 11 is 0. The maximum Gasteiger partial charge on any atom is 0.263 e. The zero-order chi connectivity index (χ0) is 15.2. The van der Waals surface area contributed by atoms with Crippen molar-refractivity contribution in [1.82, 2.24) is 4.90 Å². The van der Waals surface area contributed by atoms with Crippen LogP contribution in [0.4, 0.5) is 4.39 Å². The van der Waals surface area contributed by atoms with Crippen molar-refractivity contribution >= 4 is 5.91 Å². The van der Waals surface area contributed by atoms with Crippen molar-refractivity contribution in [1.29, 1.82) is 5.26 Å². The minimum atomic E-state index is -0.731. The van der Waals surface area contributed by atoms with Crippen molar-refractivity contribution in [2.45, 2.75) is 38.7 Å². The molecule has 0 saturated carbocycles. The van der Waals surface area contributed by atoms with E-state index in [9.17, 15) is 9.18 Å². The highest BCUT2D eigenvalue weighted by Crippen LogP contribution is 2.20. The van der Waals surface area contributed by atoms with Crippen molar-refractivity contribution in [3.05, 3.63) is 29.6 Å². The molecule has 1 aliphatic rings. The Bertz CT molecular complexity index is 546. The van der Waals surface area contributed by atoms with Crippen LogP contribution in [0.3, 0.4) is 0 Å². The van der Waals surface area contributed by atoms with Gasteiger partial charge >= 0.3 is 0 Å². The van der Waals surface area contributed by atoms with E-state index in [0.29, 0.717) is 0 Å². The van der Waals surface area contributed by atoms with Gasteiger partial charge in [0, 0.05) is 13.1 Å². The summed E-state index contributed by atoms with van der Waals surface area (Å²) in [5.74, 6) is -0.727. The molecule has 0 radical (unpaired) electrons. The summed E-state index contributed by atoms with van der Waals surface area (Å²) in [6, 6.07) is 5.83. The molecule has 1 amide bonds. The smallest absolute Gasteiger partial charge is 0.263 e. The van der Waals surface area contributed by atoms with Crippen LogP contribution >= 0.6 is 0 Å². The molecule has 0 aliphatic carbocycles. The Kier molecular flexibility index (Phi) is 5.15. The fourth-order valence-electron chi connectivity index (χ4n) is 2.46. The topological polar surface area (TPSA) is 53.3 Å². The van der Waals surface area contributed by atoms with Crippen molar-refractivity contribution < 1.29 is 13.9 Å². The number of ether oxygens (including phenoxy) is 1. The molecule has 1 unspecified atom stereocenters. The van der Waals surface area contributed by atoms with Crippen molar-refractivity contribution in [2.24, 2.45) is 0 Å². The summed E-state index contributed by atoms with van der Waals surface area (Å²) in [6.07, 6.45) is 3.56. The van der Waals surface area contributed by atoms with Gasteiger partial charge in [-0.25, -0.2) is 4.39 Å². The third kappa shape index (κ3) is 3.94. The third-order valence-corrected chi connectivity index (χ3v) is 3.63. The van der Waals surface area contributed by atoms with E-state index in [1.807, 2.05) is 6.07 Å². The van der Waals surface area contributed by atoms with Crippen LogP contribution in [0.5, 0.6) is 5.75 Å². The van der Waals surface area contributed by atoms with Gasteiger partial charge in [-0.1, -0.05) is 12.8 Å². The average molecular weight is 290 g/mol. The van der Waals surface area contributed by atoms with Crippen molar-refractivity contribution in [2.75, 3.05) is 13.1 Å². The maximum atomic E-state index is 13.8. The molecule has 0 N–H and O–H groups in total. The van der Waals surface area contributed by atoms with E-state index in [4.69, 9.17) is 10.00 Å². The highest BCUT2D eigenvalue weighted by molar-refractivity contribution is 5.80. The molecule has 112 valence electrons. The van der Waals surface area contributed by atoms with E-state index in [1.165, 1.54) is 12.1 Å². The van der Waals surface area contributed by atoms with Crippen LogP contribution in [0.15, 0.2) is 18.2 Å². The molecule has 0 aromatic heterocycles. The summed E-state index contributed by atoms with van der Waals surface area (Å²) in [7, 11) is 0. The van der Waals surface area contributed by atoms with Gasteiger partial charge in [0.1, 0.15) is 0 Å². The summed E-state index contributed by atoms with van der Waals surface area (Å²) in [5.41, 5.74) is 0.228. The van der Waals surface area contributed by atoms with Gasteiger partial charge in [-0.3, -0.25) is 4.79 Å². The second kappa shape index (κ2) is 7.07. The lowest BCUT2D eigenvalue weighted by Crippen LogP contribution is -2.41. The van der Waals surface area contributed by atoms with Gasteiger partial charge in [0.25, 0.3) is 5.91 Å². The molecule has 5 heteroatoms. The predicted octanol–water partition coefficient (Wildman–Crippen LogP) is 2.87. The Hall–Kier alpha value is -2.09. The summed E-state index contributed by atoms with van der Waals surface area (Å²) in [6.45, 7) is 3.11. The van der Waals surface area contributed by atoms with Gasteiger partial charge < -0.3 is 9.64 Å². The van der Waals surface area contributed by atoms with Crippen LogP contribution in [0.1, 0.15) is 38.2 Å². The van der Waals surface area contributed by atoms with Gasteiger partial charge in [0.15, 0.2) is 17.7 Å². The molecular formula is C16H19FN2O2. The molecule has 4 nitrogen and oxygen atoms in total. The number of carbonyl (C=O) groups is 1. The lowest BCUT2D eigenvalue weighted by molar-refractivity contribution is -0.137. The second-order valence-electron chi connectivity index (χ2n) is 5.26. The molecule has 0 spiro atoms. The summed E-state index contributed by atoms with van der Waals surface area (Å²) in [5, 5.41) is 8.70. The highest BCUT2D eigenvalue weighted by Gasteiger charge is 2.23. The number of nitriles is 1. The van der Waals surface area contributed by atoms with Gasteiger partial charge in [0.05, 0.1) is 11.6 Å². The Morgan fingerprint density at radius 2 is 2.00 bits per heavy atom. The van der Waals surface area contributed by atoms with Gasteiger partial charge in [-0.2, -0.15) is 5.26 Å². The number of hydrogen-bond acceptors (Lipinski definition) is 3. The predicted molar refractivity (Wildman–Crippen MR) is 76.3 cm³/mol. The van der Waals surface area contributed by atoms with Crippen molar-refractivity contribution in [3.8, 4) is 11.8 Å². The number of amides is 1. The van der Waals surface area contributed by atoms with Crippen LogP contribution < -0.4 is 4.74 Å². The Morgan fingerprint density at radius 3 is 2.57 bits per heavy atom. The van der Waals surface area contributed by atoms with Crippen LogP contribution in [0.2, 0.25) is 0 Å². The quantitative estimate of drug-likeness (QED) is 0.860. The first-order valence-corrected chi connectivity index (χ1v) is 7.27. The van der Waals surface area contributed by atoms with Gasteiger partial charge in [0.2, 0.25) is 0 Å². The van der Waals surface area contributed by atoms with E-state index in [1.54, 1.807) is 11.8 Å². The number of rotatable bonds is 3. The summed E-state index contributed by atoms with van der Waals surface area (Å²) < 4.78 is 19.2. The fourth-order valence-corrected chi connectivity index (χ4v) is 2.46. The molecule has 1 aliphatic heterocycles. The van der Waals surface area contributed by atoms with E-state index >= 15 is 0 Å². The molecule has 1 aromatic rings. The highest BCUT2D eigenvalue weighted by atomic mass is 19.1. The molecule has 21 heavy (non-hydrogen) atoms. The Morgan fingerprint density at radius 1 is 1.33 bits per heavy atom. The van der Waals surface area contributed by atoms with Crippen LogP contribution in [0, 0.1) is 17.1 Å². The van der Waals surface area contributed by atoms with Gasteiger partial charge in [-0.05, 0) is 38.0 Å². The molecular weight excluding hydrogens is 271 g/mol. The minimum Gasteiger partial charge on any atom is -0.478 e. The Balaban J connectivity index is 2.01. The molecule has 1 atom stereocenters. The molecule has 1 aromatic carbocycles. The summed E-state index contributed by atoms with van der Waals surface area (Å²) in [4.78, 5) is 14.1. The number of carbonyl (C=O) groups excluding carboxylic acids is 1. The standard InChI is InChI=1S/C16H19FN2O2/c1-12(16(20)19-8-4-2-3-5-9-19)21-15-7-6-13(11-18)10-14(15)17/h6-7,10,12H,2-5,8-9H2,1H3. The zero-order valence-electron chi connectivity index (χ0n) is 12.1. The number of likely N-dealkylation sites (tertiary alicyclic amines) is 1. The number of halogens is 1. The fraction of sp³-hybridized carbons (Fsp3) is 0.500. The Labute approximate surface area is 124 Å². The van der Waals surface area contributed by atoms with Crippen LogP contribution in [-0.4, -0.2) is 30.0 Å². The van der Waals surface area contributed by atoms with Crippen LogP contribution in [-0.2, 0) is 4.79 Å². The number of hydrogen-bond donors (Lipinski definition) is 0. The third-order valence-electron chi connectivity index (χ3n) is 3.63. The molecule has 2 rings (SSSR count). The minimum absolute atomic E-state index is 0.00433. The first kappa shape index (κ1) is 15.3. The monoisotopic (exact) mass is 290 g/mol. The van der Waals surface area contributed by atoms with E-state index in [-0.39, 0.29) is 17.2 Å². The molecule has 1 fully saturated rings. The molecule has 1 heterocycles. The van der Waals surface area contributed by atoms with E-state index in [2.05, 4.69) is 0 Å². The van der Waals surface area contributed by atoms with Gasteiger partial charge in [-0.15, -0.1) is 0 Å². The number of nitrogens with zero attached hydrogens (tertiary/aromatic N) is 2. The number of benzene rings is 1. The van der Waals surface area contributed by atoms with E-state index in [0.717, 1.165) is 44.8 Å². The second-order valence-corrected chi connectivity index (χ2v) is 5.26. The van der Waals surface area contributed by atoms with Crippen LogP contribution in [0.25, 0.3) is 0 Å². The largest absolute Gasteiger partial charge is 0.478 e. The van der Waals surface area contributed by atoms with Crippen molar-refractivity contribution in [3.63, 3.8) is 0 Å². The maximum absolute atomic E-state index is 13.8. The lowest BCUT2D eigenvalue weighted by Gasteiger charge is -2.24. The first-order chi connectivity index (χ1) is 10.1. The lowest BCUT2D eigenvalue weighted by atomic mass is 10.2. The normalized spacial score (nSPS) is 16.7. The first-order valence-electron chi connectivity index (χ1n) is 7.27.